The van der Waals surface area contributed by atoms with Crippen LogP contribution in [-0.4, -0.2) is 35.5 Å². The van der Waals surface area contributed by atoms with E-state index in [1.165, 1.54) is 11.8 Å². The number of para-hydroxylation sites is 1. The Morgan fingerprint density at radius 2 is 1.88 bits per heavy atom. The maximum atomic E-state index is 13.0. The van der Waals surface area contributed by atoms with Crippen LogP contribution in [0, 0.1) is 17.2 Å². The molecule has 0 spiro atoms. The van der Waals surface area contributed by atoms with Crippen molar-refractivity contribution in [3.05, 3.63) is 47.9 Å². The van der Waals surface area contributed by atoms with Gasteiger partial charge in [-0.1, -0.05) is 18.2 Å². The van der Waals surface area contributed by atoms with Crippen molar-refractivity contribution in [2.24, 2.45) is 5.92 Å². The first-order chi connectivity index (χ1) is 12.3. The molecule has 1 saturated heterocycles. The summed E-state index contributed by atoms with van der Waals surface area (Å²) >= 11 is 0. The molecule has 0 atom stereocenters. The van der Waals surface area contributed by atoms with Crippen molar-refractivity contribution in [3.8, 4) is 6.07 Å². The quantitative estimate of drug-likeness (QED) is 0.842. The Morgan fingerprint density at radius 3 is 2.68 bits per heavy atom. The molecule has 2 aromatic rings. The Morgan fingerprint density at radius 1 is 1.12 bits per heavy atom. The zero-order chi connectivity index (χ0) is 17.2. The summed E-state index contributed by atoms with van der Waals surface area (Å²) in [6.45, 7) is 2.22. The topological polar surface area (TPSA) is 73.1 Å². The number of amides is 1. The third-order valence-electron chi connectivity index (χ3n) is 5.08. The zero-order valence-electron chi connectivity index (χ0n) is 13.9. The fraction of sp³-hybridized carbons (Fsp3) is 0.368. The van der Waals surface area contributed by atoms with E-state index in [1.54, 1.807) is 6.20 Å². The van der Waals surface area contributed by atoms with Gasteiger partial charge in [0.15, 0.2) is 11.5 Å². The first-order valence-electron chi connectivity index (χ1n) is 8.63. The minimum atomic E-state index is 0.0320. The maximum absolute atomic E-state index is 13.0. The number of hydrogen-bond acceptors (Lipinski definition) is 5. The summed E-state index contributed by atoms with van der Waals surface area (Å²) in [6.07, 6.45) is 5.63. The monoisotopic (exact) mass is 333 g/mol. The third-order valence-corrected chi connectivity index (χ3v) is 5.08. The van der Waals surface area contributed by atoms with Crippen LogP contribution < -0.4 is 9.80 Å². The lowest BCUT2D eigenvalue weighted by Gasteiger charge is -2.34. The summed E-state index contributed by atoms with van der Waals surface area (Å²) in [7, 11) is 0. The SMILES string of the molecule is N#Cc1nccnc1N1CCC(C(=O)N2CCc3ccccc32)CC1. The summed E-state index contributed by atoms with van der Waals surface area (Å²) in [5.74, 6) is 0.885. The van der Waals surface area contributed by atoms with Gasteiger partial charge in [-0.3, -0.25) is 4.79 Å². The van der Waals surface area contributed by atoms with Crippen molar-refractivity contribution in [2.45, 2.75) is 19.3 Å². The molecule has 1 aromatic heterocycles. The van der Waals surface area contributed by atoms with Crippen LogP contribution in [0.5, 0.6) is 0 Å². The number of benzene rings is 1. The van der Waals surface area contributed by atoms with Gasteiger partial charge in [-0.2, -0.15) is 5.26 Å². The van der Waals surface area contributed by atoms with Crippen molar-refractivity contribution in [1.82, 2.24) is 9.97 Å². The highest BCUT2D eigenvalue weighted by molar-refractivity contribution is 5.97. The van der Waals surface area contributed by atoms with E-state index in [-0.39, 0.29) is 11.8 Å². The van der Waals surface area contributed by atoms with Crippen molar-refractivity contribution < 1.29 is 4.79 Å². The molecule has 0 N–H and O–H groups in total. The number of aromatic nitrogens is 2. The standard InChI is InChI=1S/C19H19N5O/c20-13-16-18(22-9-8-21-16)23-10-5-15(6-11-23)19(25)24-12-7-14-3-1-2-4-17(14)24/h1-4,8-9,15H,5-7,10-12H2. The molecule has 0 unspecified atom stereocenters. The molecule has 2 aliphatic heterocycles. The lowest BCUT2D eigenvalue weighted by atomic mass is 9.95. The molecule has 1 fully saturated rings. The number of carbonyl (C=O) groups is 1. The summed E-state index contributed by atoms with van der Waals surface area (Å²) < 4.78 is 0. The Labute approximate surface area is 146 Å². The molecule has 4 rings (SSSR count). The molecule has 126 valence electrons. The molecule has 0 bridgehead atoms. The first-order valence-corrected chi connectivity index (χ1v) is 8.63. The number of piperidine rings is 1. The molecule has 0 saturated carbocycles. The van der Waals surface area contributed by atoms with Gasteiger partial charge in [-0.25, -0.2) is 9.97 Å². The van der Waals surface area contributed by atoms with Crippen LogP contribution in [0.3, 0.4) is 0 Å². The minimum absolute atomic E-state index is 0.0320. The summed E-state index contributed by atoms with van der Waals surface area (Å²) in [6, 6.07) is 10.2. The van der Waals surface area contributed by atoms with Crippen LogP contribution in [0.15, 0.2) is 36.7 Å². The Bertz CT molecular complexity index is 836. The zero-order valence-corrected chi connectivity index (χ0v) is 13.9. The van der Waals surface area contributed by atoms with Gasteiger partial charge in [0, 0.05) is 43.6 Å². The molecular weight excluding hydrogens is 314 g/mol. The summed E-state index contributed by atoms with van der Waals surface area (Å²) in [5, 5.41) is 9.19. The Hall–Kier alpha value is -2.94. The van der Waals surface area contributed by atoms with Gasteiger partial charge in [-0.05, 0) is 30.9 Å². The number of nitrogens with zero attached hydrogens (tertiary/aromatic N) is 5. The van der Waals surface area contributed by atoms with Gasteiger partial charge in [0.25, 0.3) is 0 Å². The van der Waals surface area contributed by atoms with E-state index in [2.05, 4.69) is 27.0 Å². The van der Waals surface area contributed by atoms with Gasteiger partial charge >= 0.3 is 0 Å². The van der Waals surface area contributed by atoms with Gasteiger partial charge in [-0.15, -0.1) is 0 Å². The Balaban J connectivity index is 1.44. The minimum Gasteiger partial charge on any atom is -0.354 e. The van der Waals surface area contributed by atoms with Crippen LogP contribution in [0.4, 0.5) is 11.5 Å². The Kier molecular flexibility index (Phi) is 4.06. The lowest BCUT2D eigenvalue weighted by Crippen LogP contribution is -2.42. The van der Waals surface area contributed by atoms with Crippen LogP contribution >= 0.6 is 0 Å². The molecule has 0 aliphatic carbocycles. The fourth-order valence-corrected chi connectivity index (χ4v) is 3.77. The molecule has 1 aromatic carbocycles. The number of rotatable bonds is 2. The van der Waals surface area contributed by atoms with E-state index in [1.807, 2.05) is 23.1 Å². The largest absolute Gasteiger partial charge is 0.354 e. The lowest BCUT2D eigenvalue weighted by molar-refractivity contribution is -0.122. The number of fused-ring (bicyclic) bond motifs is 1. The van der Waals surface area contributed by atoms with Crippen LogP contribution in [0.2, 0.25) is 0 Å². The van der Waals surface area contributed by atoms with E-state index in [0.717, 1.165) is 44.6 Å². The van der Waals surface area contributed by atoms with Crippen molar-refractivity contribution in [1.29, 1.82) is 5.26 Å². The third kappa shape index (κ3) is 2.82. The van der Waals surface area contributed by atoms with Crippen molar-refractivity contribution >= 4 is 17.4 Å². The summed E-state index contributed by atoms with van der Waals surface area (Å²) in [4.78, 5) is 25.3. The fourth-order valence-electron chi connectivity index (χ4n) is 3.77. The molecule has 3 heterocycles. The number of anilines is 2. The highest BCUT2D eigenvalue weighted by Gasteiger charge is 2.33. The van der Waals surface area contributed by atoms with Crippen LogP contribution in [0.25, 0.3) is 0 Å². The smallest absolute Gasteiger partial charge is 0.230 e. The van der Waals surface area contributed by atoms with E-state index in [9.17, 15) is 10.1 Å². The average Bonchev–Trinajstić information content (AvgIpc) is 3.11. The average molecular weight is 333 g/mol. The normalized spacial score (nSPS) is 17.2. The number of hydrogen-bond donors (Lipinski definition) is 0. The van der Waals surface area contributed by atoms with Crippen LogP contribution in [-0.2, 0) is 11.2 Å². The number of nitriles is 1. The van der Waals surface area contributed by atoms with E-state index in [0.29, 0.717) is 11.5 Å². The van der Waals surface area contributed by atoms with Gasteiger partial charge in [0.2, 0.25) is 5.91 Å². The van der Waals surface area contributed by atoms with E-state index in [4.69, 9.17) is 0 Å². The second-order valence-electron chi connectivity index (χ2n) is 6.47. The van der Waals surface area contributed by atoms with Gasteiger partial charge in [0.1, 0.15) is 6.07 Å². The van der Waals surface area contributed by atoms with Gasteiger partial charge in [0.05, 0.1) is 0 Å². The van der Waals surface area contributed by atoms with Gasteiger partial charge < -0.3 is 9.80 Å². The summed E-state index contributed by atoms with van der Waals surface area (Å²) in [5.41, 5.74) is 2.67. The highest BCUT2D eigenvalue weighted by atomic mass is 16.2. The first kappa shape index (κ1) is 15.6. The molecule has 25 heavy (non-hydrogen) atoms. The predicted molar refractivity (Wildman–Crippen MR) is 94.2 cm³/mol. The maximum Gasteiger partial charge on any atom is 0.230 e. The highest BCUT2D eigenvalue weighted by Crippen LogP contribution is 2.31. The molecular formula is C19H19N5O. The van der Waals surface area contributed by atoms with Crippen molar-refractivity contribution in [3.63, 3.8) is 0 Å². The molecule has 1 amide bonds. The molecule has 6 nitrogen and oxygen atoms in total. The second kappa shape index (κ2) is 6.52. The van der Waals surface area contributed by atoms with E-state index < -0.39 is 0 Å². The predicted octanol–water partition coefficient (Wildman–Crippen LogP) is 2.15. The molecule has 0 radical (unpaired) electrons. The van der Waals surface area contributed by atoms with Crippen molar-refractivity contribution in [2.75, 3.05) is 29.4 Å². The molecule has 2 aliphatic rings. The molecule has 6 heteroatoms. The number of carbonyl (C=O) groups excluding carboxylic acids is 1. The van der Waals surface area contributed by atoms with Crippen LogP contribution in [0.1, 0.15) is 24.1 Å². The van der Waals surface area contributed by atoms with E-state index >= 15 is 0 Å². The second-order valence-corrected chi connectivity index (χ2v) is 6.47.